The fourth-order valence-corrected chi connectivity index (χ4v) is 14.6. The lowest BCUT2D eigenvalue weighted by molar-refractivity contribution is 0.449. The summed E-state index contributed by atoms with van der Waals surface area (Å²) in [7, 11) is 0. The van der Waals surface area contributed by atoms with Gasteiger partial charge in [-0.25, -0.2) is 0 Å². The molecule has 4 heteroatoms. The van der Waals surface area contributed by atoms with Crippen molar-refractivity contribution in [2.45, 2.75) is 108 Å². The molecule has 79 heavy (non-hydrogen) atoms. The van der Waals surface area contributed by atoms with Crippen molar-refractivity contribution in [3.8, 4) is 11.1 Å². The predicted molar refractivity (Wildman–Crippen MR) is 333 cm³/mol. The minimum absolute atomic E-state index is 0.0586. The summed E-state index contributed by atoms with van der Waals surface area (Å²) in [5.41, 5.74) is 18.4. The number of rotatable bonds is 11. The molecule has 6 aromatic rings. The molecule has 5 aromatic carbocycles. The Morgan fingerprint density at radius 1 is 0.633 bits per heavy atom. The van der Waals surface area contributed by atoms with Gasteiger partial charge in [0, 0.05) is 79.4 Å². The number of para-hydroxylation sites is 1. The largest absolute Gasteiger partial charge is 0.338 e. The Bertz CT molecular complexity index is 3760. The van der Waals surface area contributed by atoms with Crippen molar-refractivity contribution < 1.29 is 0 Å². The van der Waals surface area contributed by atoms with Crippen LogP contribution in [0.2, 0.25) is 0 Å². The van der Waals surface area contributed by atoms with Gasteiger partial charge in [-0.05, 0) is 169 Å². The second-order valence-electron chi connectivity index (χ2n) is 23.7. The van der Waals surface area contributed by atoms with Gasteiger partial charge in [-0.1, -0.05) is 191 Å². The van der Waals surface area contributed by atoms with Crippen molar-refractivity contribution >= 4 is 41.0 Å². The van der Waals surface area contributed by atoms with Crippen molar-refractivity contribution in [2.75, 3.05) is 14.7 Å². The highest BCUT2D eigenvalue weighted by Crippen LogP contribution is 2.49. The first-order chi connectivity index (χ1) is 38.9. The lowest BCUT2D eigenvalue weighted by atomic mass is 9.77. The molecule has 2 heterocycles. The summed E-state index contributed by atoms with van der Waals surface area (Å²) in [6, 6.07) is 51.1. The molecule has 14 rings (SSSR count). The van der Waals surface area contributed by atoms with E-state index < -0.39 is 0 Å². The van der Waals surface area contributed by atoms with Crippen LogP contribution in [0.25, 0.3) is 29.4 Å². The molecule has 8 aliphatic rings. The molecule has 0 spiro atoms. The Labute approximate surface area is 468 Å². The van der Waals surface area contributed by atoms with Gasteiger partial charge >= 0.3 is 0 Å². The van der Waals surface area contributed by atoms with Gasteiger partial charge in [0.1, 0.15) is 0 Å². The molecule has 7 aliphatic carbocycles. The van der Waals surface area contributed by atoms with Gasteiger partial charge in [-0.2, -0.15) is 0 Å². The second kappa shape index (κ2) is 20.6. The van der Waals surface area contributed by atoms with Gasteiger partial charge in [-0.15, -0.1) is 0 Å². The molecule has 8 unspecified atom stereocenters. The normalized spacial score (nSPS) is 26.1. The molecule has 0 amide bonds. The molecule has 0 fully saturated rings. The lowest BCUT2D eigenvalue weighted by Crippen LogP contribution is -2.41. The fourth-order valence-electron chi connectivity index (χ4n) is 14.6. The first kappa shape index (κ1) is 49.2. The molecule has 8 atom stereocenters. The van der Waals surface area contributed by atoms with Crippen LogP contribution in [0.15, 0.2) is 247 Å². The van der Waals surface area contributed by atoms with Crippen LogP contribution in [0.3, 0.4) is 0 Å². The molecule has 0 N–H and O–H groups in total. The van der Waals surface area contributed by atoms with Crippen LogP contribution in [0, 0.1) is 11.8 Å². The van der Waals surface area contributed by atoms with Crippen LogP contribution < -0.4 is 25.3 Å². The zero-order valence-corrected chi connectivity index (χ0v) is 46.1. The molecule has 4 nitrogen and oxygen atoms in total. The summed E-state index contributed by atoms with van der Waals surface area (Å²) in [6.45, 7) is 7.23. The monoisotopic (exact) mass is 1030 g/mol. The van der Waals surface area contributed by atoms with E-state index in [1.165, 1.54) is 90.3 Å². The van der Waals surface area contributed by atoms with E-state index in [1.54, 1.807) is 5.57 Å². The van der Waals surface area contributed by atoms with E-state index in [0.717, 1.165) is 44.9 Å². The first-order valence-electron chi connectivity index (χ1n) is 29.5. The number of nitrogens with zero attached hydrogens (tertiary/aromatic N) is 4. The average molecular weight is 1030 g/mol. The molecule has 0 bridgehead atoms. The molecule has 1 aromatic heterocycles. The van der Waals surface area contributed by atoms with Crippen LogP contribution in [-0.4, -0.2) is 16.7 Å². The highest BCUT2D eigenvalue weighted by atomic mass is 15.2. The van der Waals surface area contributed by atoms with Crippen molar-refractivity contribution in [3.63, 3.8) is 0 Å². The molecule has 0 radical (unpaired) electrons. The van der Waals surface area contributed by atoms with Gasteiger partial charge in [0.25, 0.3) is 0 Å². The highest BCUT2D eigenvalue weighted by Gasteiger charge is 2.43. The van der Waals surface area contributed by atoms with Gasteiger partial charge in [0.05, 0.1) is 12.1 Å². The molecular weight excluding hydrogens is 957 g/mol. The Hall–Kier alpha value is -8.08. The first-order valence-corrected chi connectivity index (χ1v) is 29.5. The third kappa shape index (κ3) is 8.94. The van der Waals surface area contributed by atoms with E-state index in [-0.39, 0.29) is 23.4 Å². The maximum Gasteiger partial charge on any atom is 0.0627 e. The quantitative estimate of drug-likeness (QED) is 0.120. The maximum atomic E-state index is 2.72. The summed E-state index contributed by atoms with van der Waals surface area (Å²) >= 11 is 0. The van der Waals surface area contributed by atoms with Gasteiger partial charge < -0.3 is 19.3 Å². The zero-order chi connectivity index (χ0) is 53.0. The Balaban J connectivity index is 0.819. The third-order valence-corrected chi connectivity index (χ3v) is 18.7. The standard InChI is InChI=1S/C75H72N4/c1-52-20-16-32-71-73(52)67-50-65(42-44-69(67)78(71)59-26-10-5-11-27-59)76(63-30-18-24-57(48-63)54-22-8-4-9-23-54)61-38-34-55(35-39-61)56-36-40-62(41-37-56)77(64-31-19-25-58(49-64)75(3)46-14-7-15-47-75)66-43-45-70-68(51-66)74-53(2)21-17-33-72(74)79(70)60-28-12-6-13-29-60/h4-12,14-19,22-27,30-42,44-46,49-53,57,60,66-67,69H,13,20-21,28-29,43,47-48H2,1-3H3. The van der Waals surface area contributed by atoms with Gasteiger partial charge in [0.2, 0.25) is 0 Å². The average Bonchev–Trinajstić information content (AvgIpc) is 4.26. The Morgan fingerprint density at radius 3 is 2.18 bits per heavy atom. The number of benzene rings is 5. The molecule has 392 valence electrons. The van der Waals surface area contributed by atoms with Crippen LogP contribution >= 0.6 is 0 Å². The van der Waals surface area contributed by atoms with E-state index in [4.69, 9.17) is 0 Å². The van der Waals surface area contributed by atoms with Crippen molar-refractivity contribution in [1.82, 2.24) is 4.57 Å². The number of hydrogen-bond donors (Lipinski definition) is 0. The summed E-state index contributed by atoms with van der Waals surface area (Å²) in [4.78, 5) is 7.77. The third-order valence-electron chi connectivity index (χ3n) is 18.7. The smallest absolute Gasteiger partial charge is 0.0627 e. The number of fused-ring (bicyclic) bond motifs is 5. The summed E-state index contributed by atoms with van der Waals surface area (Å²) in [5, 5.41) is 2.88. The fraction of sp³-hybridized carbons (Fsp3) is 0.253. The zero-order valence-electron chi connectivity index (χ0n) is 46.1. The van der Waals surface area contributed by atoms with E-state index in [9.17, 15) is 0 Å². The SMILES string of the molecule is CC1CC=CC2=C1C1C=C(N(C3=CC=CC(c4ccccc4)C3)c3ccc(-c4ccc(N(c5cccc(C6(C)C=CC=CC6)c5)C5C=c6c7c(n(C8CC=CCC8)c6=CC5)C=CCC7C)cc4)cc3)C=CC1N2c1ccccc1. The number of hydrogen-bond acceptors (Lipinski definition) is 3. The van der Waals surface area contributed by atoms with Crippen LogP contribution in [0.5, 0.6) is 0 Å². The summed E-state index contributed by atoms with van der Waals surface area (Å²) in [6.07, 6.45) is 51.6. The summed E-state index contributed by atoms with van der Waals surface area (Å²) in [5.74, 6) is 1.51. The number of aromatic nitrogens is 1. The molecule has 0 saturated carbocycles. The van der Waals surface area contributed by atoms with E-state index >= 15 is 0 Å². The minimum atomic E-state index is -0.0586. The van der Waals surface area contributed by atoms with Gasteiger partial charge in [0.15, 0.2) is 0 Å². The Morgan fingerprint density at radius 2 is 1.41 bits per heavy atom. The number of anilines is 4. The topological polar surface area (TPSA) is 14.7 Å². The maximum absolute atomic E-state index is 2.72. The Kier molecular flexibility index (Phi) is 12.8. The van der Waals surface area contributed by atoms with Crippen molar-refractivity contribution in [3.05, 3.63) is 280 Å². The lowest BCUT2D eigenvalue weighted by Gasteiger charge is -2.36. The second-order valence-corrected chi connectivity index (χ2v) is 23.7. The molecular formula is C75H72N4. The molecule has 1 aliphatic heterocycles. The van der Waals surface area contributed by atoms with Crippen molar-refractivity contribution in [2.24, 2.45) is 11.8 Å². The van der Waals surface area contributed by atoms with E-state index in [0.29, 0.717) is 23.8 Å². The van der Waals surface area contributed by atoms with Crippen molar-refractivity contribution in [1.29, 1.82) is 0 Å². The number of allylic oxidation sites excluding steroid dienone is 14. The molecule has 0 saturated heterocycles. The van der Waals surface area contributed by atoms with E-state index in [1.807, 2.05) is 0 Å². The van der Waals surface area contributed by atoms with Gasteiger partial charge in [-0.3, -0.25) is 0 Å². The minimum Gasteiger partial charge on any atom is -0.338 e. The van der Waals surface area contributed by atoms with Crippen LogP contribution in [0.4, 0.5) is 22.7 Å². The predicted octanol–water partition coefficient (Wildman–Crippen LogP) is 17.1. The van der Waals surface area contributed by atoms with E-state index in [2.05, 4.69) is 283 Å². The van der Waals surface area contributed by atoms with Crippen LogP contribution in [0.1, 0.15) is 112 Å². The summed E-state index contributed by atoms with van der Waals surface area (Å²) < 4.78 is 2.72. The highest BCUT2D eigenvalue weighted by molar-refractivity contribution is 5.76. The van der Waals surface area contributed by atoms with Crippen LogP contribution in [-0.2, 0) is 5.41 Å².